The molecule has 1 fully saturated rings. The quantitative estimate of drug-likeness (QED) is 0.732. The summed E-state index contributed by atoms with van der Waals surface area (Å²) in [6.07, 6.45) is 0.490. The predicted octanol–water partition coefficient (Wildman–Crippen LogP) is 0.688. The number of amides is 1. The molecule has 1 aliphatic heterocycles. The third-order valence-corrected chi connectivity index (χ3v) is 3.40. The normalized spacial score (nSPS) is 30.3. The lowest BCUT2D eigenvalue weighted by atomic mass is 10.3. The van der Waals surface area contributed by atoms with Crippen LogP contribution >= 0.6 is 11.8 Å². The average Bonchev–Trinajstić information content (AvgIpc) is 1.99. The molecule has 1 saturated heterocycles. The summed E-state index contributed by atoms with van der Waals surface area (Å²) in [6.45, 7) is 7.46. The summed E-state index contributed by atoms with van der Waals surface area (Å²) < 4.78 is 0. The van der Waals surface area contributed by atoms with Crippen LogP contribution < -0.4 is 5.73 Å². The Balaban J connectivity index is 2.28. The summed E-state index contributed by atoms with van der Waals surface area (Å²) in [5, 5.41) is 1.35. The van der Waals surface area contributed by atoms with Crippen molar-refractivity contribution in [1.29, 1.82) is 0 Å². The molecule has 1 aliphatic rings. The Labute approximate surface area is 84.0 Å². The molecule has 0 aromatic heterocycles. The van der Waals surface area contributed by atoms with E-state index in [0.29, 0.717) is 16.9 Å². The summed E-state index contributed by atoms with van der Waals surface area (Å²) in [7, 11) is 0. The minimum absolute atomic E-state index is 0.196. The van der Waals surface area contributed by atoms with Crippen molar-refractivity contribution in [3.05, 3.63) is 0 Å². The van der Waals surface area contributed by atoms with E-state index in [0.717, 1.165) is 19.6 Å². The van der Waals surface area contributed by atoms with Crippen LogP contribution in [0.5, 0.6) is 0 Å². The van der Waals surface area contributed by atoms with Gasteiger partial charge in [-0.25, -0.2) is 0 Å². The number of thioether (sulfide) groups is 1. The van der Waals surface area contributed by atoms with E-state index in [9.17, 15) is 4.79 Å². The first-order valence-corrected chi connectivity index (χ1v) is 5.68. The Morgan fingerprint density at radius 3 is 2.46 bits per heavy atom. The third-order valence-electron chi connectivity index (χ3n) is 2.17. The van der Waals surface area contributed by atoms with Crippen LogP contribution in [0.3, 0.4) is 0 Å². The van der Waals surface area contributed by atoms with E-state index in [1.807, 2.05) is 11.8 Å². The fourth-order valence-electron chi connectivity index (χ4n) is 1.74. The van der Waals surface area contributed by atoms with Crippen LogP contribution in [0.15, 0.2) is 0 Å². The molecule has 4 heteroatoms. The van der Waals surface area contributed by atoms with E-state index in [1.165, 1.54) is 0 Å². The molecule has 0 radical (unpaired) electrons. The number of carbonyl (C=O) groups excluding carboxylic acids is 1. The molecular formula is C9H18N2OS. The monoisotopic (exact) mass is 202 g/mol. The Bertz CT molecular complexity index is 176. The van der Waals surface area contributed by atoms with Gasteiger partial charge in [-0.3, -0.25) is 4.79 Å². The van der Waals surface area contributed by atoms with Crippen LogP contribution in [-0.2, 0) is 4.79 Å². The number of nitrogens with zero attached hydrogens (tertiary/aromatic N) is 1. The molecule has 1 heterocycles. The molecule has 1 amide bonds. The number of rotatable bonds is 3. The highest BCUT2D eigenvalue weighted by atomic mass is 32.2. The zero-order valence-corrected chi connectivity index (χ0v) is 9.14. The number of hydrogen-bond acceptors (Lipinski definition) is 3. The number of primary amides is 1. The standard InChI is InChI=1S/C9H18N2OS/c1-7-5-11(4-3-9(10)12)6-8(2)13-7/h7-8H,3-6H2,1-2H3,(H2,10,12). The molecule has 1 rings (SSSR count). The lowest BCUT2D eigenvalue weighted by molar-refractivity contribution is -0.118. The molecule has 0 aromatic carbocycles. The number of carbonyl (C=O) groups is 1. The van der Waals surface area contributed by atoms with Crippen molar-refractivity contribution >= 4 is 17.7 Å². The topological polar surface area (TPSA) is 46.3 Å². The van der Waals surface area contributed by atoms with Gasteiger partial charge >= 0.3 is 0 Å². The van der Waals surface area contributed by atoms with Gasteiger partial charge in [-0.2, -0.15) is 11.8 Å². The van der Waals surface area contributed by atoms with Gasteiger partial charge in [0.1, 0.15) is 0 Å². The van der Waals surface area contributed by atoms with Crippen LogP contribution in [0.1, 0.15) is 20.3 Å². The number of hydrogen-bond donors (Lipinski definition) is 1. The lowest BCUT2D eigenvalue weighted by Crippen LogP contribution is -2.41. The minimum atomic E-state index is -0.196. The van der Waals surface area contributed by atoms with Gasteiger partial charge in [-0.15, -0.1) is 0 Å². The lowest BCUT2D eigenvalue weighted by Gasteiger charge is -2.34. The summed E-state index contributed by atoms with van der Waals surface area (Å²) in [5.41, 5.74) is 5.11. The molecule has 0 aliphatic carbocycles. The van der Waals surface area contributed by atoms with E-state index in [-0.39, 0.29) is 5.91 Å². The molecule has 0 aromatic rings. The SMILES string of the molecule is CC1CN(CCC(N)=O)CC(C)S1. The largest absolute Gasteiger partial charge is 0.370 e. The van der Waals surface area contributed by atoms with Crippen molar-refractivity contribution in [3.8, 4) is 0 Å². The van der Waals surface area contributed by atoms with Gasteiger partial charge in [0.15, 0.2) is 0 Å². The van der Waals surface area contributed by atoms with Crippen molar-refractivity contribution in [3.63, 3.8) is 0 Å². The van der Waals surface area contributed by atoms with Crippen LogP contribution in [0.2, 0.25) is 0 Å². The van der Waals surface area contributed by atoms with Crippen molar-refractivity contribution in [2.75, 3.05) is 19.6 Å². The predicted molar refractivity (Wildman–Crippen MR) is 56.8 cm³/mol. The molecule has 3 nitrogen and oxygen atoms in total. The van der Waals surface area contributed by atoms with Crippen molar-refractivity contribution < 1.29 is 4.79 Å². The first-order chi connectivity index (χ1) is 6.08. The summed E-state index contributed by atoms with van der Waals surface area (Å²) in [6, 6.07) is 0. The van der Waals surface area contributed by atoms with Crippen molar-refractivity contribution in [1.82, 2.24) is 4.90 Å². The fraction of sp³-hybridized carbons (Fsp3) is 0.889. The fourth-order valence-corrected chi connectivity index (χ4v) is 3.12. The first-order valence-electron chi connectivity index (χ1n) is 4.74. The van der Waals surface area contributed by atoms with Crippen molar-refractivity contribution in [2.45, 2.75) is 30.8 Å². The highest BCUT2D eigenvalue weighted by molar-refractivity contribution is 8.00. The van der Waals surface area contributed by atoms with Gasteiger partial charge < -0.3 is 10.6 Å². The van der Waals surface area contributed by atoms with Gasteiger partial charge in [0.25, 0.3) is 0 Å². The zero-order chi connectivity index (χ0) is 9.84. The van der Waals surface area contributed by atoms with Gasteiger partial charge in [0, 0.05) is 36.6 Å². The Kier molecular flexibility index (Phi) is 4.06. The van der Waals surface area contributed by atoms with E-state index >= 15 is 0 Å². The third kappa shape index (κ3) is 4.00. The molecular weight excluding hydrogens is 184 g/mol. The van der Waals surface area contributed by atoms with E-state index in [4.69, 9.17) is 5.73 Å². The molecule has 2 N–H and O–H groups in total. The van der Waals surface area contributed by atoms with E-state index < -0.39 is 0 Å². The molecule has 0 spiro atoms. The van der Waals surface area contributed by atoms with Crippen LogP contribution in [0.4, 0.5) is 0 Å². The molecule has 2 unspecified atom stereocenters. The zero-order valence-electron chi connectivity index (χ0n) is 8.32. The first kappa shape index (κ1) is 10.9. The second-order valence-electron chi connectivity index (χ2n) is 3.73. The Hall–Kier alpha value is -0.220. The second-order valence-corrected chi connectivity index (χ2v) is 5.61. The van der Waals surface area contributed by atoms with Gasteiger partial charge in [-0.1, -0.05) is 13.8 Å². The second kappa shape index (κ2) is 4.86. The van der Waals surface area contributed by atoms with E-state index in [1.54, 1.807) is 0 Å². The Morgan fingerprint density at radius 1 is 1.46 bits per heavy atom. The highest BCUT2D eigenvalue weighted by Crippen LogP contribution is 2.24. The summed E-state index contributed by atoms with van der Waals surface area (Å²) in [4.78, 5) is 12.9. The summed E-state index contributed by atoms with van der Waals surface area (Å²) in [5.74, 6) is -0.196. The van der Waals surface area contributed by atoms with Crippen LogP contribution in [0.25, 0.3) is 0 Å². The molecule has 0 bridgehead atoms. The smallest absolute Gasteiger partial charge is 0.218 e. The van der Waals surface area contributed by atoms with E-state index in [2.05, 4.69) is 18.7 Å². The van der Waals surface area contributed by atoms with Crippen LogP contribution in [0, 0.1) is 0 Å². The van der Waals surface area contributed by atoms with Gasteiger partial charge in [0.2, 0.25) is 5.91 Å². The Morgan fingerprint density at radius 2 is 2.00 bits per heavy atom. The maximum Gasteiger partial charge on any atom is 0.218 e. The van der Waals surface area contributed by atoms with Gasteiger partial charge in [-0.05, 0) is 0 Å². The van der Waals surface area contributed by atoms with Gasteiger partial charge in [0.05, 0.1) is 0 Å². The highest BCUT2D eigenvalue weighted by Gasteiger charge is 2.21. The maximum atomic E-state index is 10.6. The van der Waals surface area contributed by atoms with Crippen LogP contribution in [-0.4, -0.2) is 40.9 Å². The van der Waals surface area contributed by atoms with Crippen molar-refractivity contribution in [2.24, 2.45) is 5.73 Å². The maximum absolute atomic E-state index is 10.6. The number of nitrogens with two attached hydrogens (primary N) is 1. The average molecular weight is 202 g/mol. The minimum Gasteiger partial charge on any atom is -0.370 e. The molecule has 76 valence electrons. The molecule has 2 atom stereocenters. The summed E-state index contributed by atoms with van der Waals surface area (Å²) >= 11 is 2.02. The molecule has 13 heavy (non-hydrogen) atoms. The molecule has 0 saturated carbocycles.